The number of rotatable bonds is 5. The Kier molecular flexibility index (Phi) is 6.36. The van der Waals surface area contributed by atoms with Crippen LogP contribution >= 0.6 is 11.6 Å². The molecule has 2 aromatic rings. The number of nitrogens with one attached hydrogen (secondary N) is 2. The third-order valence-electron chi connectivity index (χ3n) is 3.62. The largest absolute Gasteiger partial charge is 0.326 e. The molecule has 0 saturated carbocycles. The first kappa shape index (κ1) is 19.5. The SMILES string of the molecule is CC(=O)Nc1cccc(NC(=O)CN(C(C)=O)c2ccc(C)c(Cl)c2)c1. The highest BCUT2D eigenvalue weighted by Crippen LogP contribution is 2.23. The van der Waals surface area contributed by atoms with Gasteiger partial charge in [0.15, 0.2) is 0 Å². The van der Waals surface area contributed by atoms with E-state index in [2.05, 4.69) is 10.6 Å². The molecule has 2 N–H and O–H groups in total. The fourth-order valence-electron chi connectivity index (χ4n) is 2.36. The average molecular weight is 374 g/mol. The second-order valence-corrected chi connectivity index (χ2v) is 6.26. The van der Waals surface area contributed by atoms with Gasteiger partial charge < -0.3 is 15.5 Å². The highest BCUT2D eigenvalue weighted by molar-refractivity contribution is 6.31. The van der Waals surface area contributed by atoms with Crippen LogP contribution in [0.25, 0.3) is 0 Å². The molecule has 0 aliphatic heterocycles. The molecule has 0 bridgehead atoms. The minimum Gasteiger partial charge on any atom is -0.326 e. The zero-order valence-corrected chi connectivity index (χ0v) is 15.6. The van der Waals surface area contributed by atoms with Crippen molar-refractivity contribution in [3.05, 3.63) is 53.1 Å². The maximum Gasteiger partial charge on any atom is 0.244 e. The third-order valence-corrected chi connectivity index (χ3v) is 4.02. The standard InChI is InChI=1S/C19H20ClN3O3/c1-12-7-8-17(10-18(12)20)23(14(3)25)11-19(26)22-16-6-4-5-15(9-16)21-13(2)24/h4-10H,11H2,1-3H3,(H,21,24)(H,22,26). The van der Waals surface area contributed by atoms with Crippen molar-refractivity contribution in [2.24, 2.45) is 0 Å². The lowest BCUT2D eigenvalue weighted by molar-refractivity contribution is -0.120. The fraction of sp³-hybridized carbons (Fsp3) is 0.211. The van der Waals surface area contributed by atoms with Crippen molar-refractivity contribution in [2.45, 2.75) is 20.8 Å². The van der Waals surface area contributed by atoms with Crippen LogP contribution in [0, 0.1) is 6.92 Å². The van der Waals surface area contributed by atoms with E-state index in [4.69, 9.17) is 11.6 Å². The lowest BCUT2D eigenvalue weighted by Crippen LogP contribution is -2.36. The number of carbonyl (C=O) groups is 3. The molecular formula is C19H20ClN3O3. The minimum absolute atomic E-state index is 0.154. The molecule has 0 aliphatic carbocycles. The van der Waals surface area contributed by atoms with Crippen molar-refractivity contribution in [3.63, 3.8) is 0 Å². The first-order valence-electron chi connectivity index (χ1n) is 7.98. The van der Waals surface area contributed by atoms with Crippen LogP contribution in [-0.4, -0.2) is 24.3 Å². The molecule has 0 aromatic heterocycles. The summed E-state index contributed by atoms with van der Waals surface area (Å²) < 4.78 is 0. The summed E-state index contributed by atoms with van der Waals surface area (Å²) in [6, 6.07) is 12.0. The number of amides is 3. The Morgan fingerprint density at radius 2 is 1.65 bits per heavy atom. The molecular weight excluding hydrogens is 354 g/mol. The Morgan fingerprint density at radius 3 is 2.23 bits per heavy atom. The van der Waals surface area contributed by atoms with Crippen molar-refractivity contribution in [1.82, 2.24) is 0 Å². The third kappa shape index (κ3) is 5.32. The number of aryl methyl sites for hydroxylation is 1. The van der Waals surface area contributed by atoms with Crippen molar-refractivity contribution in [1.29, 1.82) is 0 Å². The van der Waals surface area contributed by atoms with E-state index in [1.54, 1.807) is 42.5 Å². The van der Waals surface area contributed by atoms with Gasteiger partial charge >= 0.3 is 0 Å². The number of halogens is 1. The van der Waals surface area contributed by atoms with E-state index in [1.165, 1.54) is 18.7 Å². The Morgan fingerprint density at radius 1 is 1.00 bits per heavy atom. The van der Waals surface area contributed by atoms with Crippen LogP contribution in [0.1, 0.15) is 19.4 Å². The summed E-state index contributed by atoms with van der Waals surface area (Å²) in [4.78, 5) is 36.8. The molecule has 3 amide bonds. The predicted molar refractivity (Wildman–Crippen MR) is 104 cm³/mol. The number of anilines is 3. The Hall–Kier alpha value is -2.86. The first-order chi connectivity index (χ1) is 12.3. The van der Waals surface area contributed by atoms with Gasteiger partial charge in [0.2, 0.25) is 17.7 Å². The summed E-state index contributed by atoms with van der Waals surface area (Å²) in [6.07, 6.45) is 0. The smallest absolute Gasteiger partial charge is 0.244 e. The summed E-state index contributed by atoms with van der Waals surface area (Å²) >= 11 is 6.11. The predicted octanol–water partition coefficient (Wildman–Crippen LogP) is 3.60. The van der Waals surface area contributed by atoms with Gasteiger partial charge in [-0.2, -0.15) is 0 Å². The molecule has 0 saturated heterocycles. The van der Waals surface area contributed by atoms with Crippen LogP contribution in [0.5, 0.6) is 0 Å². The topological polar surface area (TPSA) is 78.5 Å². The van der Waals surface area contributed by atoms with Gasteiger partial charge in [-0.3, -0.25) is 14.4 Å². The molecule has 0 atom stereocenters. The van der Waals surface area contributed by atoms with Gasteiger partial charge in [0.1, 0.15) is 6.54 Å². The summed E-state index contributed by atoms with van der Waals surface area (Å²) in [6.45, 7) is 4.50. The van der Waals surface area contributed by atoms with E-state index in [9.17, 15) is 14.4 Å². The van der Waals surface area contributed by atoms with Crippen molar-refractivity contribution < 1.29 is 14.4 Å². The summed E-state index contributed by atoms with van der Waals surface area (Å²) in [7, 11) is 0. The Balaban J connectivity index is 2.12. The van der Waals surface area contributed by atoms with Crippen molar-refractivity contribution in [2.75, 3.05) is 22.1 Å². The first-order valence-corrected chi connectivity index (χ1v) is 8.36. The second kappa shape index (κ2) is 8.49. The zero-order chi connectivity index (χ0) is 19.3. The van der Waals surface area contributed by atoms with Crippen LogP contribution in [0.3, 0.4) is 0 Å². The van der Waals surface area contributed by atoms with Gasteiger partial charge in [0, 0.05) is 35.9 Å². The Bertz CT molecular complexity index is 852. The van der Waals surface area contributed by atoms with E-state index < -0.39 is 0 Å². The lowest BCUT2D eigenvalue weighted by atomic mass is 10.2. The molecule has 6 nitrogen and oxygen atoms in total. The highest BCUT2D eigenvalue weighted by Gasteiger charge is 2.17. The van der Waals surface area contributed by atoms with Gasteiger partial charge in [0.05, 0.1) is 0 Å². The van der Waals surface area contributed by atoms with Crippen molar-refractivity contribution in [3.8, 4) is 0 Å². The van der Waals surface area contributed by atoms with Gasteiger partial charge in [-0.05, 0) is 42.8 Å². The maximum atomic E-state index is 12.4. The van der Waals surface area contributed by atoms with E-state index >= 15 is 0 Å². The molecule has 0 radical (unpaired) electrons. The number of benzene rings is 2. The zero-order valence-electron chi connectivity index (χ0n) is 14.8. The number of carbonyl (C=O) groups excluding carboxylic acids is 3. The van der Waals surface area contributed by atoms with Crippen LogP contribution in [0.4, 0.5) is 17.1 Å². The summed E-state index contributed by atoms with van der Waals surface area (Å²) in [5.41, 5.74) is 2.53. The fourth-order valence-corrected chi connectivity index (χ4v) is 2.53. The molecule has 0 heterocycles. The van der Waals surface area contributed by atoms with Crippen LogP contribution in [0.15, 0.2) is 42.5 Å². The highest BCUT2D eigenvalue weighted by atomic mass is 35.5. The molecule has 7 heteroatoms. The second-order valence-electron chi connectivity index (χ2n) is 5.85. The van der Waals surface area contributed by atoms with E-state index in [0.29, 0.717) is 22.1 Å². The quantitative estimate of drug-likeness (QED) is 0.840. The van der Waals surface area contributed by atoms with Crippen LogP contribution in [0.2, 0.25) is 5.02 Å². The molecule has 2 rings (SSSR count). The van der Waals surface area contributed by atoms with Crippen LogP contribution < -0.4 is 15.5 Å². The molecule has 0 unspecified atom stereocenters. The van der Waals surface area contributed by atoms with E-state index in [0.717, 1.165) is 5.56 Å². The summed E-state index contributed by atoms with van der Waals surface area (Å²) in [5.74, 6) is -0.837. The molecule has 26 heavy (non-hydrogen) atoms. The lowest BCUT2D eigenvalue weighted by Gasteiger charge is -2.21. The molecule has 2 aromatic carbocycles. The average Bonchev–Trinajstić information content (AvgIpc) is 2.55. The number of hydrogen-bond donors (Lipinski definition) is 2. The number of hydrogen-bond acceptors (Lipinski definition) is 3. The molecule has 0 fully saturated rings. The van der Waals surface area contributed by atoms with E-state index in [1.807, 2.05) is 6.92 Å². The summed E-state index contributed by atoms with van der Waals surface area (Å²) in [5, 5.41) is 5.89. The molecule has 0 aliphatic rings. The molecule has 136 valence electrons. The molecule has 0 spiro atoms. The van der Waals surface area contributed by atoms with Crippen molar-refractivity contribution >= 4 is 46.4 Å². The normalized spacial score (nSPS) is 10.2. The monoisotopic (exact) mass is 373 g/mol. The van der Waals surface area contributed by atoms with E-state index in [-0.39, 0.29) is 24.3 Å². The van der Waals surface area contributed by atoms with Gasteiger partial charge in [-0.1, -0.05) is 23.7 Å². The van der Waals surface area contributed by atoms with Gasteiger partial charge in [-0.15, -0.1) is 0 Å². The Labute approximate surface area is 157 Å². The maximum absolute atomic E-state index is 12.4. The van der Waals surface area contributed by atoms with Crippen LogP contribution in [-0.2, 0) is 14.4 Å². The minimum atomic E-state index is -0.364. The van der Waals surface area contributed by atoms with Gasteiger partial charge in [0.25, 0.3) is 0 Å². The number of nitrogens with zero attached hydrogens (tertiary/aromatic N) is 1. The van der Waals surface area contributed by atoms with Gasteiger partial charge in [-0.25, -0.2) is 0 Å².